The Morgan fingerprint density at radius 1 is 1.17 bits per heavy atom. The third-order valence-corrected chi connectivity index (χ3v) is 3.67. The standard InChI is InChI=1S/C19H19NO4/c1-24-19(21)17-13-7-5-10-15(17)9-3-2-4-11-16-12-6-8-14-18(16)20(22)23/h4-8,10-14H,2-3,9H2,1H3/b11-4+. The number of carbonyl (C=O) groups is 1. The Bertz CT molecular complexity index is 753. The molecule has 0 saturated heterocycles. The number of para-hydroxylation sites is 1. The van der Waals surface area contributed by atoms with Crippen LogP contribution in [0.15, 0.2) is 54.6 Å². The molecule has 0 saturated carbocycles. The number of benzene rings is 2. The van der Waals surface area contributed by atoms with Gasteiger partial charge in [-0.05, 0) is 37.0 Å². The molecule has 0 spiro atoms. The number of rotatable bonds is 7. The molecule has 0 fully saturated rings. The molecule has 5 heteroatoms. The van der Waals surface area contributed by atoms with Crippen LogP contribution in [0.4, 0.5) is 5.69 Å². The third kappa shape index (κ3) is 4.52. The molecule has 0 bridgehead atoms. The van der Waals surface area contributed by atoms with E-state index in [1.807, 2.05) is 24.3 Å². The number of methoxy groups -OCH3 is 1. The van der Waals surface area contributed by atoms with E-state index >= 15 is 0 Å². The summed E-state index contributed by atoms with van der Waals surface area (Å²) in [7, 11) is 1.37. The van der Waals surface area contributed by atoms with Crippen LogP contribution in [-0.2, 0) is 11.2 Å². The normalized spacial score (nSPS) is 10.7. The Morgan fingerprint density at radius 2 is 1.88 bits per heavy atom. The van der Waals surface area contributed by atoms with Gasteiger partial charge < -0.3 is 4.74 Å². The Balaban J connectivity index is 1.95. The first-order chi connectivity index (χ1) is 11.6. The quantitative estimate of drug-likeness (QED) is 0.327. The molecule has 0 aliphatic carbocycles. The molecule has 0 aromatic heterocycles. The molecule has 2 aromatic carbocycles. The number of esters is 1. The fraction of sp³-hybridized carbons (Fsp3) is 0.211. The van der Waals surface area contributed by atoms with Crippen molar-refractivity contribution in [2.24, 2.45) is 0 Å². The summed E-state index contributed by atoms with van der Waals surface area (Å²) >= 11 is 0. The third-order valence-electron chi connectivity index (χ3n) is 3.67. The van der Waals surface area contributed by atoms with Crippen molar-refractivity contribution >= 4 is 17.7 Å². The first kappa shape index (κ1) is 17.4. The average molecular weight is 325 g/mol. The van der Waals surface area contributed by atoms with Crippen LogP contribution in [0.3, 0.4) is 0 Å². The van der Waals surface area contributed by atoms with Gasteiger partial charge in [0.15, 0.2) is 0 Å². The largest absolute Gasteiger partial charge is 0.465 e. The zero-order valence-electron chi connectivity index (χ0n) is 13.5. The highest BCUT2D eigenvalue weighted by Crippen LogP contribution is 2.19. The fourth-order valence-corrected chi connectivity index (χ4v) is 2.46. The summed E-state index contributed by atoms with van der Waals surface area (Å²) in [6, 6.07) is 14.0. The summed E-state index contributed by atoms with van der Waals surface area (Å²) < 4.78 is 4.78. The average Bonchev–Trinajstić information content (AvgIpc) is 2.61. The van der Waals surface area contributed by atoms with Crippen LogP contribution in [0.1, 0.15) is 34.3 Å². The monoisotopic (exact) mass is 325 g/mol. The van der Waals surface area contributed by atoms with Crippen molar-refractivity contribution in [1.82, 2.24) is 0 Å². The molecule has 2 aromatic rings. The lowest BCUT2D eigenvalue weighted by molar-refractivity contribution is -0.385. The second kappa shape index (κ2) is 8.62. The van der Waals surface area contributed by atoms with Gasteiger partial charge in [-0.1, -0.05) is 42.5 Å². The topological polar surface area (TPSA) is 69.4 Å². The summed E-state index contributed by atoms with van der Waals surface area (Å²) in [6.07, 6.45) is 6.03. The number of hydrogen-bond donors (Lipinski definition) is 0. The predicted octanol–water partition coefficient (Wildman–Crippen LogP) is 4.42. The van der Waals surface area contributed by atoms with Crippen molar-refractivity contribution in [2.45, 2.75) is 19.3 Å². The number of carbonyl (C=O) groups excluding carboxylic acids is 1. The highest BCUT2D eigenvalue weighted by molar-refractivity contribution is 5.90. The minimum absolute atomic E-state index is 0.102. The first-order valence-electron chi connectivity index (χ1n) is 7.69. The summed E-state index contributed by atoms with van der Waals surface area (Å²) in [5.74, 6) is -0.332. The molecule has 5 nitrogen and oxygen atoms in total. The zero-order chi connectivity index (χ0) is 17.4. The number of hydrogen-bond acceptors (Lipinski definition) is 4. The minimum atomic E-state index is -0.383. The van der Waals surface area contributed by atoms with Crippen LogP contribution in [-0.4, -0.2) is 18.0 Å². The molecule has 0 N–H and O–H groups in total. The number of allylic oxidation sites excluding steroid dienone is 1. The van der Waals surface area contributed by atoms with Gasteiger partial charge in [-0.2, -0.15) is 0 Å². The van der Waals surface area contributed by atoms with E-state index < -0.39 is 0 Å². The SMILES string of the molecule is COC(=O)c1ccccc1CCC/C=C/c1ccccc1[N+](=O)[O-]. The van der Waals surface area contributed by atoms with E-state index in [1.54, 1.807) is 30.3 Å². The van der Waals surface area contributed by atoms with Gasteiger partial charge in [0.2, 0.25) is 0 Å². The van der Waals surface area contributed by atoms with Crippen LogP contribution in [0.5, 0.6) is 0 Å². The van der Waals surface area contributed by atoms with E-state index in [4.69, 9.17) is 4.74 Å². The number of ether oxygens (including phenoxy) is 1. The van der Waals surface area contributed by atoms with Gasteiger partial charge in [0.25, 0.3) is 5.69 Å². The Morgan fingerprint density at radius 3 is 2.62 bits per heavy atom. The molecule has 0 unspecified atom stereocenters. The van der Waals surface area contributed by atoms with Crippen molar-refractivity contribution in [1.29, 1.82) is 0 Å². The lowest BCUT2D eigenvalue weighted by Crippen LogP contribution is -2.05. The van der Waals surface area contributed by atoms with Crippen LogP contribution < -0.4 is 0 Å². The van der Waals surface area contributed by atoms with Gasteiger partial charge in [0, 0.05) is 6.07 Å². The van der Waals surface area contributed by atoms with Crippen molar-refractivity contribution < 1.29 is 14.5 Å². The number of nitrogens with zero attached hydrogens (tertiary/aromatic N) is 1. The Hall–Kier alpha value is -2.95. The molecule has 0 heterocycles. The lowest BCUT2D eigenvalue weighted by atomic mass is 10.0. The molecular formula is C19H19NO4. The van der Waals surface area contributed by atoms with Crippen LogP contribution in [0, 0.1) is 10.1 Å². The molecule has 0 aliphatic rings. The van der Waals surface area contributed by atoms with Crippen molar-refractivity contribution in [3.05, 3.63) is 81.4 Å². The van der Waals surface area contributed by atoms with Crippen molar-refractivity contribution in [2.75, 3.05) is 7.11 Å². The second-order valence-electron chi connectivity index (χ2n) is 5.26. The highest BCUT2D eigenvalue weighted by atomic mass is 16.6. The summed E-state index contributed by atoms with van der Waals surface area (Å²) in [5.41, 5.74) is 2.23. The summed E-state index contributed by atoms with van der Waals surface area (Å²) in [4.78, 5) is 22.3. The van der Waals surface area contributed by atoms with E-state index in [0.29, 0.717) is 11.1 Å². The van der Waals surface area contributed by atoms with Gasteiger partial charge in [-0.15, -0.1) is 0 Å². The number of nitro benzene ring substituents is 1. The van der Waals surface area contributed by atoms with Gasteiger partial charge in [0.05, 0.1) is 23.2 Å². The molecular weight excluding hydrogens is 306 g/mol. The molecule has 0 amide bonds. The van der Waals surface area contributed by atoms with E-state index in [2.05, 4.69) is 0 Å². The van der Waals surface area contributed by atoms with E-state index in [-0.39, 0.29) is 16.6 Å². The number of nitro groups is 1. The minimum Gasteiger partial charge on any atom is -0.465 e. The van der Waals surface area contributed by atoms with Crippen LogP contribution >= 0.6 is 0 Å². The van der Waals surface area contributed by atoms with E-state index in [0.717, 1.165) is 24.8 Å². The van der Waals surface area contributed by atoms with Crippen LogP contribution in [0.2, 0.25) is 0 Å². The maximum absolute atomic E-state index is 11.7. The smallest absolute Gasteiger partial charge is 0.338 e. The van der Waals surface area contributed by atoms with E-state index in [1.165, 1.54) is 13.2 Å². The molecule has 0 radical (unpaired) electrons. The molecule has 24 heavy (non-hydrogen) atoms. The lowest BCUT2D eigenvalue weighted by Gasteiger charge is -2.06. The first-order valence-corrected chi connectivity index (χ1v) is 7.69. The van der Waals surface area contributed by atoms with Gasteiger partial charge in [-0.25, -0.2) is 4.79 Å². The fourth-order valence-electron chi connectivity index (χ4n) is 2.46. The molecule has 0 atom stereocenters. The second-order valence-corrected chi connectivity index (χ2v) is 5.26. The molecule has 124 valence electrons. The zero-order valence-corrected chi connectivity index (χ0v) is 13.5. The summed E-state index contributed by atoms with van der Waals surface area (Å²) in [5, 5.41) is 11.0. The maximum Gasteiger partial charge on any atom is 0.338 e. The predicted molar refractivity (Wildman–Crippen MR) is 92.8 cm³/mol. The maximum atomic E-state index is 11.7. The molecule has 2 rings (SSSR count). The molecule has 0 aliphatic heterocycles. The van der Waals surface area contributed by atoms with Gasteiger partial charge in [-0.3, -0.25) is 10.1 Å². The van der Waals surface area contributed by atoms with Crippen LogP contribution in [0.25, 0.3) is 6.08 Å². The van der Waals surface area contributed by atoms with E-state index in [9.17, 15) is 14.9 Å². The Kier molecular flexibility index (Phi) is 6.25. The number of unbranched alkanes of at least 4 members (excludes halogenated alkanes) is 1. The van der Waals surface area contributed by atoms with Crippen molar-refractivity contribution in [3.8, 4) is 0 Å². The van der Waals surface area contributed by atoms with Crippen molar-refractivity contribution in [3.63, 3.8) is 0 Å². The van der Waals surface area contributed by atoms with Gasteiger partial charge in [0.1, 0.15) is 0 Å². The number of aryl methyl sites for hydroxylation is 1. The highest BCUT2D eigenvalue weighted by Gasteiger charge is 2.10. The Labute approximate surface area is 140 Å². The summed E-state index contributed by atoms with van der Waals surface area (Å²) in [6.45, 7) is 0. The van der Waals surface area contributed by atoms with Gasteiger partial charge >= 0.3 is 5.97 Å².